The molecule has 0 bridgehead atoms. The SMILES string of the molecule is Nc1nc(N)c(NC(=O)Nc2ccc(N(C=O)[C@@H](CCC(=O)NS(=O)(=O)c3ccccc3)C(=O)O)nc2)c(=O)[nH]1. The Balaban J connectivity index is 1.65. The van der Waals surface area contributed by atoms with Crippen LogP contribution in [-0.2, 0) is 24.4 Å². The van der Waals surface area contributed by atoms with E-state index in [1.165, 1.54) is 36.4 Å². The first kappa shape index (κ1) is 29.0. The van der Waals surface area contributed by atoms with Crippen molar-refractivity contribution in [1.29, 1.82) is 0 Å². The molecule has 0 radical (unpaired) electrons. The van der Waals surface area contributed by atoms with Crippen molar-refractivity contribution < 1.29 is 32.7 Å². The summed E-state index contributed by atoms with van der Waals surface area (Å²) in [6.07, 6.45) is 0.288. The third-order valence-electron chi connectivity index (χ3n) is 5.16. The summed E-state index contributed by atoms with van der Waals surface area (Å²) in [7, 11) is -4.16. The molecule has 40 heavy (non-hydrogen) atoms. The molecule has 0 aliphatic heterocycles. The van der Waals surface area contributed by atoms with Crippen LogP contribution in [0.4, 0.5) is 33.8 Å². The van der Waals surface area contributed by atoms with E-state index in [1.54, 1.807) is 6.07 Å². The molecule has 0 saturated carbocycles. The van der Waals surface area contributed by atoms with Crippen LogP contribution in [0.3, 0.4) is 0 Å². The van der Waals surface area contributed by atoms with Crippen molar-refractivity contribution in [2.24, 2.45) is 0 Å². The number of carbonyl (C=O) groups excluding carboxylic acids is 3. The van der Waals surface area contributed by atoms with Crippen LogP contribution < -0.4 is 37.3 Å². The van der Waals surface area contributed by atoms with Gasteiger partial charge in [-0.05, 0) is 30.7 Å². The number of aromatic nitrogens is 3. The first-order chi connectivity index (χ1) is 18.9. The lowest BCUT2D eigenvalue weighted by Gasteiger charge is -2.24. The van der Waals surface area contributed by atoms with Gasteiger partial charge in [0.05, 0.1) is 16.8 Å². The van der Waals surface area contributed by atoms with Gasteiger partial charge in [-0.1, -0.05) is 18.2 Å². The lowest BCUT2D eigenvalue weighted by Crippen LogP contribution is -2.42. The molecule has 1 aromatic carbocycles. The lowest BCUT2D eigenvalue weighted by atomic mass is 10.1. The van der Waals surface area contributed by atoms with Crippen LogP contribution in [0.2, 0.25) is 0 Å². The number of sulfonamides is 1. The van der Waals surface area contributed by atoms with Crippen molar-refractivity contribution in [2.45, 2.75) is 23.8 Å². The van der Waals surface area contributed by atoms with E-state index in [2.05, 4.69) is 25.6 Å². The minimum Gasteiger partial charge on any atom is -0.480 e. The summed E-state index contributed by atoms with van der Waals surface area (Å²) in [5.41, 5.74) is 9.88. The molecule has 17 nitrogen and oxygen atoms in total. The van der Waals surface area contributed by atoms with E-state index < -0.39 is 52.4 Å². The van der Waals surface area contributed by atoms with Crippen LogP contribution in [0.15, 0.2) is 58.4 Å². The fourth-order valence-electron chi connectivity index (χ4n) is 3.31. The normalized spacial score (nSPS) is 11.6. The van der Waals surface area contributed by atoms with Crippen LogP contribution in [-0.4, -0.2) is 58.8 Å². The van der Waals surface area contributed by atoms with Crippen molar-refractivity contribution in [2.75, 3.05) is 27.0 Å². The number of amides is 4. The van der Waals surface area contributed by atoms with Gasteiger partial charge in [0.2, 0.25) is 18.3 Å². The predicted octanol–water partition coefficient (Wildman–Crippen LogP) is -0.325. The van der Waals surface area contributed by atoms with E-state index in [4.69, 9.17) is 11.5 Å². The minimum absolute atomic E-state index is 0.0860. The molecular weight excluding hydrogens is 550 g/mol. The number of benzene rings is 1. The summed E-state index contributed by atoms with van der Waals surface area (Å²) >= 11 is 0. The standard InChI is InChI=1S/C22H23N9O8S/c23-18-17(19(34)29-21(24)28-18)27-22(37)26-12-6-8-15(25-10-12)31(11-32)14(20(35)36)7-9-16(33)30-40(38,39)13-4-2-1-3-5-13/h1-6,8,10-11,14H,7,9H2,(H,30,33)(H,35,36)(H2,26,27,37)(H5,23,24,28,29,34)/t14-/m0/s1. The molecule has 2 aromatic heterocycles. The first-order valence-corrected chi connectivity index (χ1v) is 12.7. The van der Waals surface area contributed by atoms with Gasteiger partial charge >= 0.3 is 12.0 Å². The number of carboxylic acid groups (broad SMARTS) is 1. The second-order valence-corrected chi connectivity index (χ2v) is 9.63. The number of aliphatic carboxylic acids is 1. The molecule has 0 spiro atoms. The fourth-order valence-corrected chi connectivity index (χ4v) is 4.35. The number of hydrogen-bond acceptors (Lipinski definition) is 11. The van der Waals surface area contributed by atoms with Gasteiger partial charge in [0.1, 0.15) is 11.9 Å². The number of nitrogen functional groups attached to an aromatic ring is 2. The molecule has 3 aromatic rings. The highest BCUT2D eigenvalue weighted by atomic mass is 32.2. The highest BCUT2D eigenvalue weighted by Crippen LogP contribution is 2.19. The maximum absolute atomic E-state index is 12.3. The number of H-pyrrole nitrogens is 1. The fraction of sp³-hybridized carbons (Fsp3) is 0.136. The van der Waals surface area contributed by atoms with Crippen molar-refractivity contribution in [1.82, 2.24) is 19.7 Å². The second kappa shape index (κ2) is 12.3. The average Bonchev–Trinajstić information content (AvgIpc) is 2.89. The zero-order valence-corrected chi connectivity index (χ0v) is 21.2. The predicted molar refractivity (Wildman–Crippen MR) is 142 cm³/mol. The van der Waals surface area contributed by atoms with Crippen LogP contribution in [0.1, 0.15) is 12.8 Å². The molecule has 0 aliphatic rings. The maximum atomic E-state index is 12.3. The highest BCUT2D eigenvalue weighted by Gasteiger charge is 2.28. The molecule has 210 valence electrons. The van der Waals surface area contributed by atoms with Crippen molar-refractivity contribution in [3.63, 3.8) is 0 Å². The van der Waals surface area contributed by atoms with Gasteiger partial charge in [-0.2, -0.15) is 4.98 Å². The monoisotopic (exact) mass is 573 g/mol. The van der Waals surface area contributed by atoms with Gasteiger partial charge in [-0.25, -0.2) is 27.7 Å². The summed E-state index contributed by atoms with van der Waals surface area (Å²) in [5.74, 6) is -3.17. The van der Waals surface area contributed by atoms with Gasteiger partial charge in [-0.15, -0.1) is 0 Å². The van der Waals surface area contributed by atoms with E-state index in [0.717, 1.165) is 11.1 Å². The Kier molecular flexibility index (Phi) is 8.97. The zero-order chi connectivity index (χ0) is 29.4. The van der Waals surface area contributed by atoms with Gasteiger partial charge in [0.15, 0.2) is 11.5 Å². The summed E-state index contributed by atoms with van der Waals surface area (Å²) in [6.45, 7) is 0. The van der Waals surface area contributed by atoms with Gasteiger partial charge in [-0.3, -0.25) is 29.6 Å². The number of nitrogens with two attached hydrogens (primary N) is 2. The van der Waals surface area contributed by atoms with E-state index in [9.17, 15) is 37.5 Å². The topological polar surface area (TPSA) is 273 Å². The Bertz CT molecular complexity index is 1580. The number of rotatable bonds is 11. The summed E-state index contributed by atoms with van der Waals surface area (Å²) in [4.78, 5) is 70.3. The lowest BCUT2D eigenvalue weighted by molar-refractivity contribution is -0.139. The van der Waals surface area contributed by atoms with Crippen LogP contribution in [0, 0.1) is 0 Å². The number of aromatic amines is 1. The van der Waals surface area contributed by atoms with Gasteiger partial charge in [0.25, 0.3) is 15.6 Å². The van der Waals surface area contributed by atoms with E-state index in [0.29, 0.717) is 0 Å². The summed E-state index contributed by atoms with van der Waals surface area (Å²) in [6, 6.07) is 7.11. The number of carboxylic acids is 1. The van der Waals surface area contributed by atoms with Crippen LogP contribution >= 0.6 is 0 Å². The number of carbonyl (C=O) groups is 4. The summed E-state index contributed by atoms with van der Waals surface area (Å²) < 4.78 is 26.4. The first-order valence-electron chi connectivity index (χ1n) is 11.2. The molecular formula is C22H23N9O8S. The van der Waals surface area contributed by atoms with E-state index >= 15 is 0 Å². The smallest absolute Gasteiger partial charge is 0.326 e. The molecule has 18 heteroatoms. The van der Waals surface area contributed by atoms with Crippen molar-refractivity contribution >= 4 is 63.3 Å². The number of nitrogens with one attached hydrogen (secondary N) is 4. The zero-order valence-electron chi connectivity index (χ0n) is 20.4. The highest BCUT2D eigenvalue weighted by molar-refractivity contribution is 7.90. The quantitative estimate of drug-likeness (QED) is 0.145. The van der Waals surface area contributed by atoms with Crippen LogP contribution in [0.5, 0.6) is 0 Å². The molecule has 0 unspecified atom stereocenters. The van der Waals surface area contributed by atoms with E-state index in [-0.39, 0.29) is 40.3 Å². The number of nitrogens with zero attached hydrogens (tertiary/aromatic N) is 3. The van der Waals surface area contributed by atoms with Gasteiger partial charge in [0, 0.05) is 6.42 Å². The largest absolute Gasteiger partial charge is 0.480 e. The minimum atomic E-state index is -4.16. The maximum Gasteiger partial charge on any atom is 0.326 e. The third-order valence-corrected chi connectivity index (χ3v) is 6.54. The van der Waals surface area contributed by atoms with Gasteiger partial charge < -0.3 is 21.9 Å². The Morgan fingerprint density at radius 3 is 2.38 bits per heavy atom. The number of pyridine rings is 1. The molecule has 1 atom stereocenters. The Morgan fingerprint density at radius 2 is 1.80 bits per heavy atom. The molecule has 0 fully saturated rings. The van der Waals surface area contributed by atoms with Crippen molar-refractivity contribution in [3.05, 3.63) is 59.0 Å². The Labute approximate surface area is 225 Å². The number of anilines is 5. The molecule has 0 aliphatic carbocycles. The Morgan fingerprint density at radius 1 is 1.10 bits per heavy atom. The average molecular weight is 574 g/mol. The van der Waals surface area contributed by atoms with Crippen LogP contribution in [0.25, 0.3) is 0 Å². The molecule has 9 N–H and O–H groups in total. The second-order valence-electron chi connectivity index (χ2n) is 7.94. The Hall–Kier alpha value is -5.52. The molecule has 0 saturated heterocycles. The number of hydrogen-bond donors (Lipinski definition) is 7. The molecule has 2 heterocycles. The van der Waals surface area contributed by atoms with E-state index in [1.807, 2.05) is 4.72 Å². The molecule has 4 amide bonds. The van der Waals surface area contributed by atoms with Crippen molar-refractivity contribution in [3.8, 4) is 0 Å². The summed E-state index contributed by atoms with van der Waals surface area (Å²) in [5, 5.41) is 14.2. The third kappa shape index (κ3) is 7.28. The molecule has 3 rings (SSSR count). The number of urea groups is 1.